The van der Waals surface area contributed by atoms with Crippen LogP contribution in [0.2, 0.25) is 0 Å². The lowest BCUT2D eigenvalue weighted by atomic mass is 10.1. The van der Waals surface area contributed by atoms with E-state index in [1.54, 1.807) is 37.3 Å². The van der Waals surface area contributed by atoms with E-state index in [2.05, 4.69) is 5.32 Å². The fraction of sp³-hybridized carbons (Fsp3) is 0.133. The molecule has 1 amide bonds. The van der Waals surface area contributed by atoms with Gasteiger partial charge in [0, 0.05) is 0 Å². The molecular weight excluding hydrogens is 272 g/mol. The molecule has 1 aromatic heterocycles. The van der Waals surface area contributed by atoms with Crippen molar-refractivity contribution in [1.82, 2.24) is 0 Å². The van der Waals surface area contributed by atoms with Gasteiger partial charge in [0.25, 0.3) is 0 Å². The zero-order valence-corrected chi connectivity index (χ0v) is 11.5. The van der Waals surface area contributed by atoms with Gasteiger partial charge in [-0.1, -0.05) is 18.2 Å². The first kappa shape index (κ1) is 14.3. The first-order chi connectivity index (χ1) is 10.0. The average molecular weight is 284 g/mol. The summed E-state index contributed by atoms with van der Waals surface area (Å²) in [7, 11) is 0. The van der Waals surface area contributed by atoms with Crippen LogP contribution >= 0.6 is 0 Å². The third-order valence-corrected chi connectivity index (χ3v) is 2.72. The number of hydrogen-bond donors (Lipinski definition) is 1. The number of rotatable bonds is 3. The lowest BCUT2D eigenvalue weighted by Crippen LogP contribution is -2.17. The highest BCUT2D eigenvalue weighted by Gasteiger charge is 2.22. The summed E-state index contributed by atoms with van der Waals surface area (Å²) in [6.07, 6.45) is -0.804. The van der Waals surface area contributed by atoms with Gasteiger partial charge in [0.15, 0.2) is 5.78 Å². The molecule has 0 radical (unpaired) electrons. The van der Waals surface area contributed by atoms with Crippen molar-refractivity contribution in [2.75, 3.05) is 5.32 Å². The van der Waals surface area contributed by atoms with Crippen LogP contribution in [-0.4, -0.2) is 11.9 Å². The molecule has 2 rings (SSSR count). The number of aryl methyl sites for hydroxylation is 1. The summed E-state index contributed by atoms with van der Waals surface area (Å²) in [5.41, 5.74) is 0.150. The number of hydrogen-bond acceptors (Lipinski definition) is 5. The SMILES string of the molecule is CC(=O)c1c(C)oc(NC(=O)Oc2ccccc2)c1C#N. The molecule has 6 nitrogen and oxygen atoms in total. The molecule has 106 valence electrons. The summed E-state index contributed by atoms with van der Waals surface area (Å²) >= 11 is 0. The van der Waals surface area contributed by atoms with Crippen LogP contribution in [-0.2, 0) is 0 Å². The molecule has 1 N–H and O–H groups in total. The van der Waals surface area contributed by atoms with Crippen molar-refractivity contribution in [2.24, 2.45) is 0 Å². The number of Topliss-reactive ketones (excluding diaryl/α,β-unsaturated/α-hetero) is 1. The third kappa shape index (κ3) is 3.09. The second-order valence-corrected chi connectivity index (χ2v) is 4.23. The van der Waals surface area contributed by atoms with Crippen LogP contribution < -0.4 is 10.1 Å². The fourth-order valence-corrected chi connectivity index (χ4v) is 1.88. The highest BCUT2D eigenvalue weighted by Crippen LogP contribution is 2.27. The number of benzene rings is 1. The van der Waals surface area contributed by atoms with Gasteiger partial charge in [-0.15, -0.1) is 0 Å². The summed E-state index contributed by atoms with van der Waals surface area (Å²) in [5.74, 6) is 0.219. The quantitative estimate of drug-likeness (QED) is 0.873. The summed E-state index contributed by atoms with van der Waals surface area (Å²) < 4.78 is 10.3. The molecule has 0 aliphatic heterocycles. The molecule has 0 aliphatic carbocycles. The first-order valence-electron chi connectivity index (χ1n) is 6.11. The number of anilines is 1. The lowest BCUT2D eigenvalue weighted by molar-refractivity contribution is 0.101. The predicted octanol–water partition coefficient (Wildman–Crippen LogP) is 3.27. The van der Waals surface area contributed by atoms with Crippen LogP contribution in [0.1, 0.15) is 28.6 Å². The van der Waals surface area contributed by atoms with Crippen LogP contribution in [0.15, 0.2) is 34.7 Å². The van der Waals surface area contributed by atoms with Crippen molar-refractivity contribution in [3.63, 3.8) is 0 Å². The van der Waals surface area contributed by atoms with Gasteiger partial charge in [-0.25, -0.2) is 4.79 Å². The van der Waals surface area contributed by atoms with Gasteiger partial charge in [0.05, 0.1) is 5.56 Å². The van der Waals surface area contributed by atoms with Crippen molar-refractivity contribution in [3.8, 4) is 11.8 Å². The Morgan fingerprint density at radius 2 is 1.95 bits per heavy atom. The van der Waals surface area contributed by atoms with Gasteiger partial charge in [-0.2, -0.15) is 5.26 Å². The van der Waals surface area contributed by atoms with E-state index in [0.717, 1.165) is 0 Å². The maximum atomic E-state index is 11.8. The number of furan rings is 1. The summed E-state index contributed by atoms with van der Waals surface area (Å²) in [4.78, 5) is 23.2. The van der Waals surface area contributed by atoms with Crippen LogP contribution in [0.3, 0.4) is 0 Å². The van der Waals surface area contributed by atoms with Crippen LogP contribution in [0, 0.1) is 18.3 Å². The highest BCUT2D eigenvalue weighted by molar-refractivity contribution is 6.00. The molecule has 0 saturated carbocycles. The Balaban J connectivity index is 2.21. The Labute approximate surface area is 120 Å². The molecule has 0 aliphatic rings. The fourth-order valence-electron chi connectivity index (χ4n) is 1.88. The Hall–Kier alpha value is -3.07. The zero-order valence-electron chi connectivity index (χ0n) is 11.5. The number of carbonyl (C=O) groups is 2. The molecule has 21 heavy (non-hydrogen) atoms. The number of para-hydroxylation sites is 1. The highest BCUT2D eigenvalue weighted by atomic mass is 16.6. The van der Waals surface area contributed by atoms with E-state index >= 15 is 0 Å². The lowest BCUT2D eigenvalue weighted by Gasteiger charge is -2.04. The number of nitriles is 1. The standard InChI is InChI=1S/C15H12N2O4/c1-9(18)13-10(2)20-14(12(13)8-16)17-15(19)21-11-6-4-3-5-7-11/h3-7H,1-2H3,(H,17,19). The maximum Gasteiger partial charge on any atom is 0.419 e. The molecular formula is C15H12N2O4. The molecule has 0 atom stereocenters. The van der Waals surface area contributed by atoms with Gasteiger partial charge in [0.1, 0.15) is 23.1 Å². The molecule has 0 spiro atoms. The van der Waals surface area contributed by atoms with Crippen molar-refractivity contribution < 1.29 is 18.7 Å². The van der Waals surface area contributed by atoms with Gasteiger partial charge in [-0.3, -0.25) is 10.1 Å². The minimum atomic E-state index is -0.804. The van der Waals surface area contributed by atoms with Crippen molar-refractivity contribution >= 4 is 17.8 Å². The molecule has 1 heterocycles. The largest absolute Gasteiger partial charge is 0.443 e. The number of nitrogens with one attached hydrogen (secondary N) is 1. The van der Waals surface area contributed by atoms with Gasteiger partial charge in [-0.05, 0) is 26.0 Å². The normalized spacial score (nSPS) is 9.76. The van der Waals surface area contributed by atoms with Gasteiger partial charge >= 0.3 is 6.09 Å². The molecule has 6 heteroatoms. The summed E-state index contributed by atoms with van der Waals surface area (Å²) in [6, 6.07) is 10.3. The van der Waals surface area contributed by atoms with Crippen LogP contribution in [0.4, 0.5) is 10.7 Å². The van der Waals surface area contributed by atoms with Gasteiger partial charge in [0.2, 0.25) is 5.88 Å². The Bertz CT molecular complexity index is 726. The minimum Gasteiger partial charge on any atom is -0.443 e. The molecule has 0 unspecified atom stereocenters. The molecule has 0 fully saturated rings. The Morgan fingerprint density at radius 3 is 2.52 bits per heavy atom. The summed E-state index contributed by atoms with van der Waals surface area (Å²) in [6.45, 7) is 2.87. The molecule has 0 bridgehead atoms. The zero-order chi connectivity index (χ0) is 15.4. The van der Waals surface area contributed by atoms with Crippen molar-refractivity contribution in [3.05, 3.63) is 47.2 Å². The van der Waals surface area contributed by atoms with E-state index in [-0.39, 0.29) is 28.6 Å². The Kier molecular flexibility index (Phi) is 4.05. The number of amides is 1. The van der Waals surface area contributed by atoms with Crippen LogP contribution in [0.25, 0.3) is 0 Å². The number of ether oxygens (including phenoxy) is 1. The third-order valence-electron chi connectivity index (χ3n) is 2.72. The smallest absolute Gasteiger partial charge is 0.419 e. The Morgan fingerprint density at radius 1 is 1.29 bits per heavy atom. The van der Waals surface area contributed by atoms with E-state index < -0.39 is 6.09 Å². The van der Waals surface area contributed by atoms with E-state index in [1.807, 2.05) is 6.07 Å². The first-order valence-corrected chi connectivity index (χ1v) is 6.11. The summed E-state index contributed by atoms with van der Waals surface area (Å²) in [5, 5.41) is 11.4. The number of nitrogens with zero attached hydrogens (tertiary/aromatic N) is 1. The topological polar surface area (TPSA) is 92.3 Å². The van der Waals surface area contributed by atoms with Crippen molar-refractivity contribution in [2.45, 2.75) is 13.8 Å². The van der Waals surface area contributed by atoms with Crippen molar-refractivity contribution in [1.29, 1.82) is 5.26 Å². The monoisotopic (exact) mass is 284 g/mol. The minimum absolute atomic E-state index is 0.00925. The number of carbonyl (C=O) groups excluding carboxylic acids is 2. The number of ketones is 1. The second-order valence-electron chi connectivity index (χ2n) is 4.23. The predicted molar refractivity (Wildman–Crippen MR) is 74.3 cm³/mol. The molecule has 0 saturated heterocycles. The van der Waals surface area contributed by atoms with E-state index in [4.69, 9.17) is 14.4 Å². The maximum absolute atomic E-state index is 11.8. The van der Waals surface area contributed by atoms with Gasteiger partial charge < -0.3 is 9.15 Å². The molecule has 2 aromatic rings. The second kappa shape index (κ2) is 5.92. The molecule has 1 aromatic carbocycles. The average Bonchev–Trinajstić information content (AvgIpc) is 2.75. The van der Waals surface area contributed by atoms with Crippen LogP contribution in [0.5, 0.6) is 5.75 Å². The van der Waals surface area contributed by atoms with E-state index in [1.165, 1.54) is 6.92 Å². The van der Waals surface area contributed by atoms with E-state index in [0.29, 0.717) is 5.75 Å². The van der Waals surface area contributed by atoms with E-state index in [9.17, 15) is 9.59 Å².